The molecule has 122 valence electrons. The van der Waals surface area contributed by atoms with E-state index in [0.29, 0.717) is 0 Å². The summed E-state index contributed by atoms with van der Waals surface area (Å²) in [6, 6.07) is 20.3. The molecule has 0 amide bonds. The first kappa shape index (κ1) is 16.6. The molecule has 1 N–H and O–H groups in total. The number of rotatable bonds is 6. The number of hydrogen-bond donors (Lipinski definition) is 2. The highest BCUT2D eigenvalue weighted by Gasteiger charge is 2.07. The van der Waals surface area contributed by atoms with E-state index in [0.717, 1.165) is 28.5 Å². The van der Waals surface area contributed by atoms with Crippen LogP contribution in [0.4, 0.5) is 0 Å². The molecular weight excluding hydrogens is 316 g/mol. The second-order valence-corrected chi connectivity index (χ2v) is 6.08. The normalized spacial score (nSPS) is 11.9. The molecular formula is C20H20N2OS. The summed E-state index contributed by atoms with van der Waals surface area (Å²) in [7, 11) is 0. The summed E-state index contributed by atoms with van der Waals surface area (Å²) in [5.41, 5.74) is 2.36. The minimum Gasteiger partial charge on any atom is -0.456 e. The Labute approximate surface area is 148 Å². The third-order valence-electron chi connectivity index (χ3n) is 3.82. The van der Waals surface area contributed by atoms with Crippen molar-refractivity contribution < 1.29 is 4.74 Å². The molecule has 4 heteroatoms. The maximum absolute atomic E-state index is 5.84. The minimum atomic E-state index is 0.266. The van der Waals surface area contributed by atoms with Crippen molar-refractivity contribution in [2.24, 2.45) is 0 Å². The van der Waals surface area contributed by atoms with Gasteiger partial charge in [0.05, 0.1) is 6.20 Å². The van der Waals surface area contributed by atoms with Crippen LogP contribution in [0.25, 0.3) is 0 Å². The van der Waals surface area contributed by atoms with Crippen LogP contribution in [0.1, 0.15) is 24.1 Å². The van der Waals surface area contributed by atoms with Crippen molar-refractivity contribution in [2.45, 2.75) is 24.4 Å². The average molecular weight is 336 g/mol. The van der Waals surface area contributed by atoms with Crippen molar-refractivity contribution >= 4 is 12.6 Å². The molecule has 0 saturated carbocycles. The molecule has 0 aliphatic rings. The predicted octanol–water partition coefficient (Wildman–Crippen LogP) is 5.01. The van der Waals surface area contributed by atoms with Gasteiger partial charge in [0.25, 0.3) is 0 Å². The van der Waals surface area contributed by atoms with Gasteiger partial charge in [0, 0.05) is 23.7 Å². The Morgan fingerprint density at radius 3 is 2.62 bits per heavy atom. The van der Waals surface area contributed by atoms with Gasteiger partial charge in [0.1, 0.15) is 11.5 Å². The van der Waals surface area contributed by atoms with Crippen LogP contribution in [-0.4, -0.2) is 4.98 Å². The Hall–Kier alpha value is -2.30. The third-order valence-corrected chi connectivity index (χ3v) is 4.26. The summed E-state index contributed by atoms with van der Waals surface area (Å²) < 4.78 is 5.84. The van der Waals surface area contributed by atoms with E-state index in [9.17, 15) is 0 Å². The first-order chi connectivity index (χ1) is 11.7. The lowest BCUT2D eigenvalue weighted by atomic mass is 10.1. The fourth-order valence-electron chi connectivity index (χ4n) is 2.43. The molecule has 24 heavy (non-hydrogen) atoms. The lowest BCUT2D eigenvalue weighted by Crippen LogP contribution is -2.18. The quantitative estimate of drug-likeness (QED) is 0.621. The van der Waals surface area contributed by atoms with Crippen molar-refractivity contribution in [3.05, 3.63) is 84.2 Å². The molecule has 1 unspecified atom stereocenters. The molecule has 0 bridgehead atoms. The molecule has 0 fully saturated rings. The highest BCUT2D eigenvalue weighted by molar-refractivity contribution is 7.80. The SMILES string of the molecule is CC(NCc1cc(Oc2cccnc2)ccc1S)c1ccccc1. The third kappa shape index (κ3) is 4.37. The molecule has 0 aliphatic heterocycles. The lowest BCUT2D eigenvalue weighted by Gasteiger charge is -2.16. The maximum atomic E-state index is 5.84. The van der Waals surface area contributed by atoms with Gasteiger partial charge in [0.15, 0.2) is 0 Å². The van der Waals surface area contributed by atoms with Gasteiger partial charge in [-0.1, -0.05) is 30.3 Å². The Balaban J connectivity index is 1.68. The largest absolute Gasteiger partial charge is 0.456 e. The van der Waals surface area contributed by atoms with Gasteiger partial charge in [-0.25, -0.2) is 0 Å². The van der Waals surface area contributed by atoms with E-state index in [1.165, 1.54) is 5.56 Å². The number of pyridine rings is 1. The summed E-state index contributed by atoms with van der Waals surface area (Å²) in [6.45, 7) is 2.88. The summed E-state index contributed by atoms with van der Waals surface area (Å²) in [5.74, 6) is 1.51. The standard InChI is InChI=1S/C20H20N2OS/c1-15(16-6-3-2-4-7-16)22-13-17-12-18(9-10-20(17)24)23-19-8-5-11-21-14-19/h2-12,14-15,22,24H,13H2,1H3. The molecule has 1 atom stereocenters. The first-order valence-corrected chi connectivity index (χ1v) is 8.35. The smallest absolute Gasteiger partial charge is 0.145 e. The molecule has 3 nitrogen and oxygen atoms in total. The summed E-state index contributed by atoms with van der Waals surface area (Å²) in [6.07, 6.45) is 3.42. The van der Waals surface area contributed by atoms with Crippen molar-refractivity contribution in [1.82, 2.24) is 10.3 Å². The van der Waals surface area contributed by atoms with Gasteiger partial charge in [-0.2, -0.15) is 0 Å². The fraction of sp³-hybridized carbons (Fsp3) is 0.150. The van der Waals surface area contributed by atoms with Crippen LogP contribution in [0, 0.1) is 0 Å². The second kappa shape index (κ2) is 7.99. The molecule has 3 rings (SSSR count). The zero-order valence-electron chi connectivity index (χ0n) is 13.5. The molecule has 0 aliphatic carbocycles. The van der Waals surface area contributed by atoms with Crippen LogP contribution in [0.2, 0.25) is 0 Å². The number of nitrogens with zero attached hydrogens (tertiary/aromatic N) is 1. The number of hydrogen-bond acceptors (Lipinski definition) is 4. The molecule has 0 spiro atoms. The van der Waals surface area contributed by atoms with Crippen molar-refractivity contribution in [1.29, 1.82) is 0 Å². The van der Waals surface area contributed by atoms with E-state index in [1.807, 2.05) is 36.4 Å². The molecule has 3 aromatic rings. The van der Waals surface area contributed by atoms with E-state index >= 15 is 0 Å². The van der Waals surface area contributed by atoms with Crippen molar-refractivity contribution in [2.75, 3.05) is 0 Å². The first-order valence-electron chi connectivity index (χ1n) is 7.90. The fourth-order valence-corrected chi connectivity index (χ4v) is 2.65. The Morgan fingerprint density at radius 2 is 1.88 bits per heavy atom. The van der Waals surface area contributed by atoms with E-state index < -0.39 is 0 Å². The molecule has 1 heterocycles. The van der Waals surface area contributed by atoms with Crippen LogP contribution in [-0.2, 0) is 6.54 Å². The van der Waals surface area contributed by atoms with E-state index in [-0.39, 0.29) is 6.04 Å². The molecule has 0 radical (unpaired) electrons. The van der Waals surface area contributed by atoms with Gasteiger partial charge in [-0.15, -0.1) is 12.6 Å². The topological polar surface area (TPSA) is 34.1 Å². The molecule has 1 aromatic heterocycles. The van der Waals surface area contributed by atoms with E-state index in [1.54, 1.807) is 12.4 Å². The van der Waals surface area contributed by atoms with E-state index in [4.69, 9.17) is 4.74 Å². The average Bonchev–Trinajstić information content (AvgIpc) is 2.63. The van der Waals surface area contributed by atoms with Gasteiger partial charge in [-0.05, 0) is 48.4 Å². The van der Waals surface area contributed by atoms with E-state index in [2.05, 4.69) is 54.1 Å². The summed E-state index contributed by atoms with van der Waals surface area (Å²) in [5, 5.41) is 3.53. The molecule has 0 saturated heterocycles. The van der Waals surface area contributed by atoms with Crippen LogP contribution in [0.15, 0.2) is 78.0 Å². The summed E-state index contributed by atoms with van der Waals surface area (Å²) in [4.78, 5) is 5.01. The number of benzene rings is 2. The number of ether oxygens (including phenoxy) is 1. The summed E-state index contributed by atoms with van der Waals surface area (Å²) >= 11 is 4.55. The second-order valence-electron chi connectivity index (χ2n) is 5.59. The highest BCUT2D eigenvalue weighted by atomic mass is 32.1. The van der Waals surface area contributed by atoms with Gasteiger partial charge < -0.3 is 10.1 Å². The number of aromatic nitrogens is 1. The Morgan fingerprint density at radius 1 is 1.04 bits per heavy atom. The van der Waals surface area contributed by atoms with Gasteiger partial charge in [-0.3, -0.25) is 4.98 Å². The number of nitrogens with one attached hydrogen (secondary N) is 1. The molecule has 2 aromatic carbocycles. The minimum absolute atomic E-state index is 0.266. The highest BCUT2D eigenvalue weighted by Crippen LogP contribution is 2.25. The van der Waals surface area contributed by atoms with Crippen LogP contribution in [0.5, 0.6) is 11.5 Å². The van der Waals surface area contributed by atoms with Crippen LogP contribution in [0.3, 0.4) is 0 Å². The van der Waals surface area contributed by atoms with Crippen molar-refractivity contribution in [3.63, 3.8) is 0 Å². The van der Waals surface area contributed by atoms with Gasteiger partial charge >= 0.3 is 0 Å². The lowest BCUT2D eigenvalue weighted by molar-refractivity contribution is 0.477. The monoisotopic (exact) mass is 336 g/mol. The Kier molecular flexibility index (Phi) is 5.51. The van der Waals surface area contributed by atoms with Gasteiger partial charge in [0.2, 0.25) is 0 Å². The Bertz CT molecular complexity index is 778. The zero-order chi connectivity index (χ0) is 16.8. The van der Waals surface area contributed by atoms with Crippen molar-refractivity contribution in [3.8, 4) is 11.5 Å². The maximum Gasteiger partial charge on any atom is 0.145 e. The predicted molar refractivity (Wildman–Crippen MR) is 99.7 cm³/mol. The number of thiol groups is 1. The zero-order valence-corrected chi connectivity index (χ0v) is 14.4. The van der Waals surface area contributed by atoms with Crippen LogP contribution >= 0.6 is 12.6 Å². The van der Waals surface area contributed by atoms with Crippen LogP contribution < -0.4 is 10.1 Å².